The lowest BCUT2D eigenvalue weighted by atomic mass is 9.96. The first-order chi connectivity index (χ1) is 9.13. The molecule has 0 saturated carbocycles. The first kappa shape index (κ1) is 13.5. The Morgan fingerprint density at radius 2 is 2.21 bits per heavy atom. The number of piperidine rings is 1. The summed E-state index contributed by atoms with van der Waals surface area (Å²) in [5, 5.41) is 9.38. The number of hydrogen-bond acceptors (Lipinski definition) is 4. The highest BCUT2D eigenvalue weighted by molar-refractivity contribution is 5.98. The van der Waals surface area contributed by atoms with Crippen LogP contribution in [0.4, 0.5) is 0 Å². The number of amides is 1. The van der Waals surface area contributed by atoms with E-state index in [0.717, 1.165) is 19.3 Å². The van der Waals surface area contributed by atoms with Crippen molar-refractivity contribution in [3.8, 4) is 5.75 Å². The molecule has 19 heavy (non-hydrogen) atoms. The van der Waals surface area contributed by atoms with Crippen molar-refractivity contribution in [1.82, 2.24) is 9.88 Å². The van der Waals surface area contributed by atoms with E-state index in [-0.39, 0.29) is 23.5 Å². The van der Waals surface area contributed by atoms with Crippen LogP contribution in [-0.4, -0.2) is 39.3 Å². The van der Waals surface area contributed by atoms with Gasteiger partial charge in [-0.2, -0.15) is 0 Å². The van der Waals surface area contributed by atoms with Gasteiger partial charge in [-0.25, -0.2) is 0 Å². The molecule has 1 N–H and O–H groups in total. The molecule has 1 saturated heterocycles. The van der Waals surface area contributed by atoms with Crippen molar-refractivity contribution in [2.24, 2.45) is 0 Å². The van der Waals surface area contributed by atoms with E-state index in [1.807, 2.05) is 6.92 Å². The van der Waals surface area contributed by atoms with Gasteiger partial charge in [0.25, 0.3) is 5.91 Å². The summed E-state index contributed by atoms with van der Waals surface area (Å²) in [4.78, 5) is 29.8. The van der Waals surface area contributed by atoms with E-state index in [1.54, 1.807) is 4.90 Å². The maximum atomic E-state index is 12.4. The number of aromatic nitrogens is 1. The Balaban J connectivity index is 2.22. The van der Waals surface area contributed by atoms with Crippen LogP contribution in [0.1, 0.15) is 43.0 Å². The third-order valence-electron chi connectivity index (χ3n) is 3.45. The van der Waals surface area contributed by atoms with Crippen molar-refractivity contribution < 1.29 is 14.7 Å². The fourth-order valence-electron chi connectivity index (χ4n) is 2.46. The van der Waals surface area contributed by atoms with E-state index in [1.165, 1.54) is 18.5 Å². The van der Waals surface area contributed by atoms with Gasteiger partial charge in [-0.15, -0.1) is 0 Å². The van der Waals surface area contributed by atoms with E-state index in [0.29, 0.717) is 18.5 Å². The minimum atomic E-state index is -0.325. The lowest BCUT2D eigenvalue weighted by Crippen LogP contribution is -2.47. The molecule has 0 bridgehead atoms. The van der Waals surface area contributed by atoms with Gasteiger partial charge in [0.15, 0.2) is 5.78 Å². The molecule has 2 rings (SSSR count). The van der Waals surface area contributed by atoms with Crippen LogP contribution in [0.15, 0.2) is 18.5 Å². The van der Waals surface area contributed by atoms with E-state index in [2.05, 4.69) is 4.98 Å². The smallest absolute Gasteiger partial charge is 0.256 e. The molecule has 0 aliphatic carbocycles. The van der Waals surface area contributed by atoms with Crippen LogP contribution in [-0.2, 0) is 4.79 Å². The van der Waals surface area contributed by atoms with Crippen molar-refractivity contribution in [3.05, 3.63) is 24.0 Å². The number of pyridine rings is 1. The Morgan fingerprint density at radius 3 is 2.89 bits per heavy atom. The van der Waals surface area contributed by atoms with Crippen molar-refractivity contribution in [2.45, 2.75) is 38.6 Å². The molecule has 1 aromatic heterocycles. The summed E-state index contributed by atoms with van der Waals surface area (Å²) in [6.07, 6.45) is 5.74. The van der Waals surface area contributed by atoms with Crippen molar-refractivity contribution >= 4 is 11.7 Å². The van der Waals surface area contributed by atoms with Crippen LogP contribution in [0.5, 0.6) is 5.75 Å². The molecule has 0 radical (unpaired) electrons. The summed E-state index contributed by atoms with van der Waals surface area (Å²) in [6, 6.07) is 1.06. The minimum Gasteiger partial charge on any atom is -0.506 e. The number of ketones is 1. The molecule has 5 nitrogen and oxygen atoms in total. The van der Waals surface area contributed by atoms with E-state index >= 15 is 0 Å². The largest absolute Gasteiger partial charge is 0.506 e. The minimum absolute atomic E-state index is 0.0405. The summed E-state index contributed by atoms with van der Waals surface area (Å²) < 4.78 is 0. The van der Waals surface area contributed by atoms with Crippen LogP contribution in [0.3, 0.4) is 0 Å². The first-order valence-corrected chi connectivity index (χ1v) is 6.61. The number of carbonyl (C=O) groups is 2. The van der Waals surface area contributed by atoms with Crippen LogP contribution in [0.25, 0.3) is 0 Å². The van der Waals surface area contributed by atoms with Crippen LogP contribution >= 0.6 is 0 Å². The number of rotatable bonds is 3. The number of carbonyl (C=O) groups excluding carboxylic acids is 2. The third-order valence-corrected chi connectivity index (χ3v) is 3.45. The van der Waals surface area contributed by atoms with E-state index in [4.69, 9.17) is 0 Å². The zero-order chi connectivity index (χ0) is 13.8. The Labute approximate surface area is 112 Å². The molecule has 1 aromatic rings. The predicted octanol–water partition coefficient (Wildman–Crippen LogP) is 1.76. The Hall–Kier alpha value is -1.91. The molecule has 1 aliphatic rings. The van der Waals surface area contributed by atoms with E-state index in [9.17, 15) is 14.7 Å². The number of aromatic hydroxyl groups is 1. The van der Waals surface area contributed by atoms with Crippen molar-refractivity contribution in [2.75, 3.05) is 6.54 Å². The molecule has 1 atom stereocenters. The number of likely N-dealkylation sites (tertiary alicyclic amines) is 1. The summed E-state index contributed by atoms with van der Waals surface area (Å²) in [5.74, 6) is -0.169. The van der Waals surface area contributed by atoms with Crippen LogP contribution < -0.4 is 0 Å². The fraction of sp³-hybridized carbons (Fsp3) is 0.500. The van der Waals surface area contributed by atoms with Gasteiger partial charge in [-0.3, -0.25) is 14.6 Å². The Morgan fingerprint density at radius 1 is 1.42 bits per heavy atom. The molecule has 5 heteroatoms. The zero-order valence-corrected chi connectivity index (χ0v) is 11.0. The highest BCUT2D eigenvalue weighted by Gasteiger charge is 2.31. The highest BCUT2D eigenvalue weighted by Crippen LogP contribution is 2.22. The summed E-state index contributed by atoms with van der Waals surface area (Å²) in [7, 11) is 0. The van der Waals surface area contributed by atoms with Crippen LogP contribution in [0, 0.1) is 0 Å². The second-order valence-corrected chi connectivity index (χ2v) is 4.76. The third kappa shape index (κ3) is 2.92. The van der Waals surface area contributed by atoms with Crippen LogP contribution in [0.2, 0.25) is 0 Å². The Bertz CT molecular complexity index is 487. The number of nitrogens with zero attached hydrogens (tertiary/aromatic N) is 2. The van der Waals surface area contributed by atoms with Gasteiger partial charge < -0.3 is 10.0 Å². The topological polar surface area (TPSA) is 70.5 Å². The average molecular weight is 262 g/mol. The molecule has 1 unspecified atom stereocenters. The lowest BCUT2D eigenvalue weighted by molar-refractivity contribution is -0.124. The molecular weight excluding hydrogens is 244 g/mol. The molecule has 2 heterocycles. The van der Waals surface area contributed by atoms with Gasteiger partial charge in [0, 0.05) is 19.2 Å². The first-order valence-electron chi connectivity index (χ1n) is 6.61. The number of Topliss-reactive ketones (excluding diaryl/α,β-unsaturated/α-hetero) is 1. The summed E-state index contributed by atoms with van der Waals surface area (Å²) in [5.41, 5.74) is 0.329. The summed E-state index contributed by atoms with van der Waals surface area (Å²) in [6.45, 7) is 2.40. The van der Waals surface area contributed by atoms with Crippen molar-refractivity contribution in [1.29, 1.82) is 0 Å². The SMILES string of the molecule is CCC(=O)C1CCCCN1C(=O)c1cncc(O)c1. The van der Waals surface area contributed by atoms with Gasteiger partial charge in [0.2, 0.25) is 0 Å². The molecule has 102 valence electrons. The maximum Gasteiger partial charge on any atom is 0.256 e. The summed E-state index contributed by atoms with van der Waals surface area (Å²) >= 11 is 0. The normalized spacial score (nSPS) is 19.2. The quantitative estimate of drug-likeness (QED) is 0.901. The molecule has 1 fully saturated rings. The molecule has 1 aliphatic heterocycles. The maximum absolute atomic E-state index is 12.4. The predicted molar refractivity (Wildman–Crippen MR) is 69.9 cm³/mol. The average Bonchev–Trinajstić information content (AvgIpc) is 2.45. The van der Waals surface area contributed by atoms with Gasteiger partial charge in [-0.05, 0) is 25.3 Å². The highest BCUT2D eigenvalue weighted by atomic mass is 16.3. The van der Waals surface area contributed by atoms with Gasteiger partial charge >= 0.3 is 0 Å². The molecule has 0 spiro atoms. The lowest BCUT2D eigenvalue weighted by Gasteiger charge is -2.34. The molecular formula is C14H18N2O3. The number of hydrogen-bond donors (Lipinski definition) is 1. The van der Waals surface area contributed by atoms with Gasteiger partial charge in [0.05, 0.1) is 17.8 Å². The zero-order valence-electron chi connectivity index (χ0n) is 11.0. The fourth-order valence-corrected chi connectivity index (χ4v) is 2.46. The standard InChI is InChI=1S/C14H18N2O3/c1-2-13(18)12-5-3-4-6-16(12)14(19)10-7-11(17)9-15-8-10/h7-9,12,17H,2-6H2,1H3. The second-order valence-electron chi connectivity index (χ2n) is 4.76. The van der Waals surface area contributed by atoms with Gasteiger partial charge in [-0.1, -0.05) is 6.92 Å². The van der Waals surface area contributed by atoms with E-state index < -0.39 is 0 Å². The molecule has 1 amide bonds. The monoisotopic (exact) mass is 262 g/mol. The molecule has 0 aromatic carbocycles. The van der Waals surface area contributed by atoms with Crippen molar-refractivity contribution in [3.63, 3.8) is 0 Å². The second kappa shape index (κ2) is 5.82. The Kier molecular flexibility index (Phi) is 4.14. The van der Waals surface area contributed by atoms with Gasteiger partial charge in [0.1, 0.15) is 5.75 Å².